The molecule has 1 aromatic carbocycles. The lowest BCUT2D eigenvalue weighted by Gasteiger charge is -2.04. The first-order valence-electron chi connectivity index (χ1n) is 6.74. The number of para-hydroxylation sites is 1. The predicted octanol–water partition coefficient (Wildman–Crippen LogP) is 3.18. The summed E-state index contributed by atoms with van der Waals surface area (Å²) >= 11 is 0. The summed E-state index contributed by atoms with van der Waals surface area (Å²) in [5.41, 5.74) is 2.40. The minimum atomic E-state index is 0.127. The van der Waals surface area contributed by atoms with Gasteiger partial charge in [-0.25, -0.2) is 0 Å². The Hall–Kier alpha value is -2.03. The average Bonchev–Trinajstić information content (AvgIpc) is 2.83. The topological polar surface area (TPSA) is 44.9 Å². The van der Waals surface area contributed by atoms with Crippen molar-refractivity contribution in [2.24, 2.45) is 0 Å². The molecule has 0 spiro atoms. The molecule has 0 saturated heterocycles. The van der Waals surface area contributed by atoms with Crippen LogP contribution < -0.4 is 5.32 Å². The molecule has 19 heavy (non-hydrogen) atoms. The summed E-state index contributed by atoms with van der Waals surface area (Å²) in [6, 6.07) is 8.22. The van der Waals surface area contributed by atoms with Crippen LogP contribution in [0.2, 0.25) is 0 Å². The minimum absolute atomic E-state index is 0.127. The van der Waals surface area contributed by atoms with Crippen LogP contribution in [0.3, 0.4) is 0 Å². The number of rotatable bonds is 7. The number of hydrogen-bond acceptors (Lipinski definition) is 1. The normalized spacial score (nSPS) is 10.5. The molecule has 3 heteroatoms. The zero-order valence-corrected chi connectivity index (χ0v) is 11.1. The molecule has 0 saturated carbocycles. The van der Waals surface area contributed by atoms with Gasteiger partial charge in [-0.3, -0.25) is 4.79 Å². The third kappa shape index (κ3) is 3.71. The van der Waals surface area contributed by atoms with Crippen LogP contribution in [0.1, 0.15) is 24.8 Å². The lowest BCUT2D eigenvalue weighted by atomic mass is 10.1. The molecule has 0 unspecified atom stereocenters. The Morgan fingerprint density at radius 3 is 3.05 bits per heavy atom. The van der Waals surface area contributed by atoms with E-state index < -0.39 is 0 Å². The summed E-state index contributed by atoms with van der Waals surface area (Å²) in [5, 5.41) is 4.20. The Balaban J connectivity index is 1.79. The number of fused-ring (bicyclic) bond motifs is 1. The van der Waals surface area contributed by atoms with Gasteiger partial charge in [0.1, 0.15) is 0 Å². The van der Waals surface area contributed by atoms with Crippen molar-refractivity contribution in [3.05, 3.63) is 48.7 Å². The van der Waals surface area contributed by atoms with Crippen molar-refractivity contribution in [1.29, 1.82) is 0 Å². The molecule has 0 atom stereocenters. The Bertz CT molecular complexity index is 557. The molecular weight excluding hydrogens is 236 g/mol. The molecular formula is C16H20N2O. The first-order chi connectivity index (χ1) is 9.31. The molecule has 1 aromatic heterocycles. The van der Waals surface area contributed by atoms with E-state index in [4.69, 9.17) is 0 Å². The van der Waals surface area contributed by atoms with Gasteiger partial charge in [-0.05, 0) is 30.9 Å². The molecule has 0 radical (unpaired) electrons. The van der Waals surface area contributed by atoms with E-state index in [1.54, 1.807) is 0 Å². The number of allylic oxidation sites excluding steroid dienone is 1. The Labute approximate surface area is 113 Å². The molecule has 100 valence electrons. The molecule has 0 fully saturated rings. The molecule has 0 bridgehead atoms. The van der Waals surface area contributed by atoms with Crippen molar-refractivity contribution in [2.75, 3.05) is 6.54 Å². The SMILES string of the molecule is C=CCCCC(=O)NCCc1c[nH]c2ccccc12. The van der Waals surface area contributed by atoms with E-state index in [0.29, 0.717) is 13.0 Å². The van der Waals surface area contributed by atoms with E-state index in [-0.39, 0.29) is 5.91 Å². The van der Waals surface area contributed by atoms with Crippen molar-refractivity contribution >= 4 is 16.8 Å². The summed E-state index contributed by atoms with van der Waals surface area (Å²) in [6.45, 7) is 4.34. The van der Waals surface area contributed by atoms with E-state index >= 15 is 0 Å². The Morgan fingerprint density at radius 2 is 2.21 bits per heavy atom. The number of carbonyl (C=O) groups is 1. The van der Waals surface area contributed by atoms with Crippen LogP contribution in [0.4, 0.5) is 0 Å². The molecule has 3 nitrogen and oxygen atoms in total. The highest BCUT2D eigenvalue weighted by molar-refractivity contribution is 5.83. The van der Waals surface area contributed by atoms with Gasteiger partial charge in [0.2, 0.25) is 5.91 Å². The van der Waals surface area contributed by atoms with E-state index in [1.165, 1.54) is 10.9 Å². The summed E-state index contributed by atoms with van der Waals surface area (Å²) in [5.74, 6) is 0.127. The maximum atomic E-state index is 11.6. The van der Waals surface area contributed by atoms with Crippen LogP contribution in [0.5, 0.6) is 0 Å². The zero-order valence-electron chi connectivity index (χ0n) is 11.1. The van der Waals surface area contributed by atoms with Crippen LogP contribution in [0.15, 0.2) is 43.1 Å². The molecule has 1 amide bonds. The molecule has 1 heterocycles. The van der Waals surface area contributed by atoms with Crippen molar-refractivity contribution < 1.29 is 4.79 Å². The van der Waals surface area contributed by atoms with Gasteiger partial charge in [0.05, 0.1) is 0 Å². The number of H-pyrrole nitrogens is 1. The van der Waals surface area contributed by atoms with Crippen LogP contribution in [-0.2, 0) is 11.2 Å². The summed E-state index contributed by atoms with van der Waals surface area (Å²) < 4.78 is 0. The van der Waals surface area contributed by atoms with Crippen molar-refractivity contribution in [3.8, 4) is 0 Å². The lowest BCUT2D eigenvalue weighted by Crippen LogP contribution is -2.25. The van der Waals surface area contributed by atoms with Gasteiger partial charge in [-0.2, -0.15) is 0 Å². The van der Waals surface area contributed by atoms with E-state index in [2.05, 4.69) is 29.0 Å². The number of nitrogens with one attached hydrogen (secondary N) is 2. The average molecular weight is 256 g/mol. The lowest BCUT2D eigenvalue weighted by molar-refractivity contribution is -0.121. The quantitative estimate of drug-likeness (QED) is 0.580. The van der Waals surface area contributed by atoms with Gasteiger partial charge in [-0.1, -0.05) is 24.3 Å². The number of hydrogen-bond donors (Lipinski definition) is 2. The highest BCUT2D eigenvalue weighted by Gasteiger charge is 2.04. The third-order valence-electron chi connectivity index (χ3n) is 3.20. The second kappa shape index (κ2) is 6.78. The highest BCUT2D eigenvalue weighted by atomic mass is 16.1. The van der Waals surface area contributed by atoms with Gasteiger partial charge in [0, 0.05) is 30.1 Å². The molecule has 2 rings (SSSR count). The van der Waals surface area contributed by atoms with Gasteiger partial charge in [-0.15, -0.1) is 6.58 Å². The number of carbonyl (C=O) groups excluding carboxylic acids is 1. The van der Waals surface area contributed by atoms with Crippen molar-refractivity contribution in [2.45, 2.75) is 25.7 Å². The molecule has 0 aliphatic carbocycles. The maximum absolute atomic E-state index is 11.6. The fourth-order valence-electron chi connectivity index (χ4n) is 2.17. The zero-order chi connectivity index (χ0) is 13.5. The standard InChI is InChI=1S/C16H20N2O/c1-2-3-4-9-16(19)17-11-10-13-12-18-15-8-6-5-7-14(13)15/h2,5-8,12,18H,1,3-4,9-11H2,(H,17,19). The molecule has 0 aliphatic heterocycles. The van der Waals surface area contributed by atoms with Crippen molar-refractivity contribution in [1.82, 2.24) is 10.3 Å². The van der Waals surface area contributed by atoms with Crippen LogP contribution in [-0.4, -0.2) is 17.4 Å². The second-order valence-corrected chi connectivity index (χ2v) is 4.64. The second-order valence-electron chi connectivity index (χ2n) is 4.64. The number of aromatic nitrogens is 1. The van der Waals surface area contributed by atoms with Crippen LogP contribution in [0, 0.1) is 0 Å². The molecule has 2 N–H and O–H groups in total. The highest BCUT2D eigenvalue weighted by Crippen LogP contribution is 2.17. The number of aromatic amines is 1. The first-order valence-corrected chi connectivity index (χ1v) is 6.74. The van der Waals surface area contributed by atoms with Crippen LogP contribution in [0.25, 0.3) is 10.9 Å². The number of benzene rings is 1. The fraction of sp³-hybridized carbons (Fsp3) is 0.312. The molecule has 2 aromatic rings. The largest absolute Gasteiger partial charge is 0.361 e. The third-order valence-corrected chi connectivity index (χ3v) is 3.20. The van der Waals surface area contributed by atoms with Gasteiger partial charge < -0.3 is 10.3 Å². The van der Waals surface area contributed by atoms with Crippen LogP contribution >= 0.6 is 0 Å². The Morgan fingerprint density at radius 1 is 1.37 bits per heavy atom. The van der Waals surface area contributed by atoms with E-state index in [9.17, 15) is 4.79 Å². The summed E-state index contributed by atoms with van der Waals surface area (Å²) in [7, 11) is 0. The Kier molecular flexibility index (Phi) is 4.78. The summed E-state index contributed by atoms with van der Waals surface area (Å²) in [4.78, 5) is 14.8. The van der Waals surface area contributed by atoms with Gasteiger partial charge in [0.15, 0.2) is 0 Å². The smallest absolute Gasteiger partial charge is 0.220 e. The van der Waals surface area contributed by atoms with E-state index in [0.717, 1.165) is 24.8 Å². The van der Waals surface area contributed by atoms with Gasteiger partial charge >= 0.3 is 0 Å². The number of unbranched alkanes of at least 4 members (excludes halogenated alkanes) is 1. The monoisotopic (exact) mass is 256 g/mol. The molecule has 0 aliphatic rings. The fourth-order valence-corrected chi connectivity index (χ4v) is 2.17. The predicted molar refractivity (Wildman–Crippen MR) is 79.1 cm³/mol. The van der Waals surface area contributed by atoms with Gasteiger partial charge in [0.25, 0.3) is 0 Å². The summed E-state index contributed by atoms with van der Waals surface area (Å²) in [6.07, 6.45) is 7.09. The maximum Gasteiger partial charge on any atom is 0.220 e. The van der Waals surface area contributed by atoms with Crippen molar-refractivity contribution in [3.63, 3.8) is 0 Å². The number of amides is 1. The minimum Gasteiger partial charge on any atom is -0.361 e. The first kappa shape index (κ1) is 13.4. The van der Waals surface area contributed by atoms with E-state index in [1.807, 2.05) is 24.4 Å².